The number of primary amides is 1. The number of hydrogen-bond donors (Lipinski definition) is 2. The maximum absolute atomic E-state index is 12.8. The van der Waals surface area contributed by atoms with Crippen LogP contribution in [0.25, 0.3) is 0 Å². The van der Waals surface area contributed by atoms with Gasteiger partial charge in [0, 0.05) is 24.5 Å². The first-order chi connectivity index (χ1) is 15.4. The predicted molar refractivity (Wildman–Crippen MR) is 127 cm³/mol. The molecule has 174 valence electrons. The van der Waals surface area contributed by atoms with Crippen LogP contribution >= 0.6 is 23.1 Å². The Labute approximate surface area is 196 Å². The molecule has 3 heterocycles. The molecule has 0 spiro atoms. The van der Waals surface area contributed by atoms with Crippen molar-refractivity contribution in [1.29, 1.82) is 0 Å². The van der Waals surface area contributed by atoms with Gasteiger partial charge in [-0.3, -0.25) is 14.2 Å². The lowest BCUT2D eigenvalue weighted by Crippen LogP contribution is -2.38. The number of carbonyl (C=O) groups is 2. The second-order valence-electron chi connectivity index (χ2n) is 8.50. The fraction of sp³-hybridized carbons (Fsp3) is 0.619. The van der Waals surface area contributed by atoms with Crippen LogP contribution in [0.5, 0.6) is 0 Å². The lowest BCUT2D eigenvalue weighted by molar-refractivity contribution is -0.113. The summed E-state index contributed by atoms with van der Waals surface area (Å²) in [5.74, 6) is 0.767. The van der Waals surface area contributed by atoms with Crippen molar-refractivity contribution >= 4 is 45.9 Å². The number of nitrogens with two attached hydrogens (primary N) is 1. The number of ether oxygens (including phenoxy) is 1. The number of morpholine rings is 1. The van der Waals surface area contributed by atoms with Gasteiger partial charge < -0.3 is 20.7 Å². The fourth-order valence-electron chi connectivity index (χ4n) is 4.12. The normalized spacial score (nSPS) is 16.3. The Bertz CT molecular complexity index is 981. The number of nitrogens with one attached hydrogen (secondary N) is 1. The minimum Gasteiger partial charge on any atom is -0.378 e. The third-order valence-electron chi connectivity index (χ3n) is 5.54. The van der Waals surface area contributed by atoms with E-state index < -0.39 is 5.91 Å². The lowest BCUT2D eigenvalue weighted by atomic mass is 9.95. The molecule has 4 rings (SSSR count). The Kier molecular flexibility index (Phi) is 7.37. The van der Waals surface area contributed by atoms with Crippen molar-refractivity contribution in [3.63, 3.8) is 0 Å². The Morgan fingerprint density at radius 1 is 1.22 bits per heavy atom. The van der Waals surface area contributed by atoms with Crippen LogP contribution in [0.1, 0.15) is 47.5 Å². The van der Waals surface area contributed by atoms with Crippen LogP contribution in [-0.2, 0) is 28.9 Å². The zero-order valence-electron chi connectivity index (χ0n) is 18.6. The lowest BCUT2D eigenvalue weighted by Gasteiger charge is -2.28. The molecule has 0 unspecified atom stereocenters. The topological polar surface area (TPSA) is 115 Å². The van der Waals surface area contributed by atoms with E-state index in [9.17, 15) is 9.59 Å². The van der Waals surface area contributed by atoms with Gasteiger partial charge in [-0.05, 0) is 37.2 Å². The van der Waals surface area contributed by atoms with Crippen LogP contribution in [0, 0.1) is 5.92 Å². The van der Waals surface area contributed by atoms with Crippen LogP contribution in [0.2, 0.25) is 0 Å². The monoisotopic (exact) mass is 478 g/mol. The molecular formula is C21H30N6O3S2. The van der Waals surface area contributed by atoms with Gasteiger partial charge in [-0.25, -0.2) is 0 Å². The summed E-state index contributed by atoms with van der Waals surface area (Å²) in [5.41, 5.74) is 7.14. The maximum atomic E-state index is 12.8. The summed E-state index contributed by atoms with van der Waals surface area (Å²) < 4.78 is 7.54. The molecule has 1 fully saturated rings. The molecule has 0 aromatic carbocycles. The number of aromatic nitrogens is 3. The average molecular weight is 479 g/mol. The minimum absolute atomic E-state index is 0.178. The Balaban J connectivity index is 1.46. The Hall–Kier alpha value is -2.11. The second kappa shape index (κ2) is 10.2. The van der Waals surface area contributed by atoms with Crippen molar-refractivity contribution in [2.45, 2.75) is 51.2 Å². The largest absolute Gasteiger partial charge is 0.378 e. The highest BCUT2D eigenvalue weighted by atomic mass is 32.2. The zero-order chi connectivity index (χ0) is 22.7. The number of nitrogens with zero attached hydrogens (tertiary/aromatic N) is 4. The molecule has 1 aliphatic carbocycles. The van der Waals surface area contributed by atoms with Crippen molar-refractivity contribution in [1.82, 2.24) is 14.8 Å². The molecule has 1 saturated heterocycles. The summed E-state index contributed by atoms with van der Waals surface area (Å²) in [7, 11) is 0. The molecule has 0 saturated carbocycles. The molecule has 2 aromatic rings. The number of thioether (sulfide) groups is 1. The van der Waals surface area contributed by atoms with Crippen molar-refractivity contribution in [3.8, 4) is 0 Å². The number of anilines is 2. The number of aryl methyl sites for hydroxylation is 1. The van der Waals surface area contributed by atoms with E-state index in [1.807, 2.05) is 0 Å². The zero-order valence-corrected chi connectivity index (χ0v) is 20.2. The summed E-state index contributed by atoms with van der Waals surface area (Å²) >= 11 is 2.84. The number of carbonyl (C=O) groups excluding carboxylic acids is 2. The van der Waals surface area contributed by atoms with Gasteiger partial charge >= 0.3 is 0 Å². The Morgan fingerprint density at radius 3 is 2.69 bits per heavy atom. The molecule has 2 amide bonds. The minimum atomic E-state index is -0.473. The van der Waals surface area contributed by atoms with E-state index in [1.165, 1.54) is 28.0 Å². The molecule has 1 aliphatic heterocycles. The molecule has 32 heavy (non-hydrogen) atoms. The molecule has 0 atom stereocenters. The van der Waals surface area contributed by atoms with E-state index in [0.717, 1.165) is 62.0 Å². The quantitative estimate of drug-likeness (QED) is 0.560. The van der Waals surface area contributed by atoms with E-state index in [4.69, 9.17) is 10.5 Å². The molecule has 0 radical (unpaired) electrons. The molecule has 11 heteroatoms. The third kappa shape index (κ3) is 5.10. The van der Waals surface area contributed by atoms with Crippen molar-refractivity contribution in [2.24, 2.45) is 11.7 Å². The third-order valence-corrected chi connectivity index (χ3v) is 7.72. The highest BCUT2D eigenvalue weighted by Crippen LogP contribution is 2.38. The van der Waals surface area contributed by atoms with E-state index in [1.54, 1.807) is 0 Å². The number of amides is 2. The van der Waals surface area contributed by atoms with Gasteiger partial charge in [0.2, 0.25) is 11.9 Å². The first-order valence-electron chi connectivity index (χ1n) is 11.1. The van der Waals surface area contributed by atoms with Crippen LogP contribution in [-0.4, -0.2) is 58.6 Å². The number of hydrogen-bond acceptors (Lipinski definition) is 8. The highest BCUT2D eigenvalue weighted by molar-refractivity contribution is 7.99. The fourth-order valence-corrected chi connectivity index (χ4v) is 6.17. The van der Waals surface area contributed by atoms with E-state index >= 15 is 0 Å². The van der Waals surface area contributed by atoms with Gasteiger partial charge in [0.1, 0.15) is 5.00 Å². The van der Waals surface area contributed by atoms with Gasteiger partial charge in [-0.15, -0.1) is 21.5 Å². The molecule has 9 nitrogen and oxygen atoms in total. The van der Waals surface area contributed by atoms with Crippen molar-refractivity contribution < 1.29 is 14.3 Å². The van der Waals surface area contributed by atoms with Gasteiger partial charge in [-0.2, -0.15) is 0 Å². The van der Waals surface area contributed by atoms with E-state index in [2.05, 4.69) is 38.8 Å². The summed E-state index contributed by atoms with van der Waals surface area (Å²) in [4.78, 5) is 28.2. The van der Waals surface area contributed by atoms with Gasteiger partial charge in [0.15, 0.2) is 5.16 Å². The van der Waals surface area contributed by atoms with Crippen LogP contribution < -0.4 is 16.0 Å². The SMILES string of the molecule is CC(C)Cn1c(SCC(=O)Nc2sc3c(c2C(N)=O)CCCC3)nnc1N1CCOCC1. The number of thiophene rings is 1. The smallest absolute Gasteiger partial charge is 0.251 e. The van der Waals surface area contributed by atoms with E-state index in [0.29, 0.717) is 29.7 Å². The highest BCUT2D eigenvalue weighted by Gasteiger charge is 2.26. The molecule has 3 N–H and O–H groups in total. The Morgan fingerprint density at radius 2 is 1.97 bits per heavy atom. The maximum Gasteiger partial charge on any atom is 0.251 e. The number of rotatable bonds is 8. The molecule has 2 aromatic heterocycles. The molecule has 0 bridgehead atoms. The standard InChI is InChI=1S/C21H30N6O3S2/c1-13(2)11-27-20(26-7-9-30-10-8-26)24-25-21(27)31-12-16(28)23-19-17(18(22)29)14-5-3-4-6-15(14)32-19/h13H,3-12H2,1-2H3,(H2,22,29)(H,23,28). The van der Waals surface area contributed by atoms with Crippen molar-refractivity contribution in [2.75, 3.05) is 42.3 Å². The molecular weight excluding hydrogens is 448 g/mol. The summed E-state index contributed by atoms with van der Waals surface area (Å²) in [6, 6.07) is 0. The summed E-state index contributed by atoms with van der Waals surface area (Å²) in [6.07, 6.45) is 3.93. The van der Waals surface area contributed by atoms with E-state index in [-0.39, 0.29) is 11.7 Å². The van der Waals surface area contributed by atoms with Crippen LogP contribution in [0.15, 0.2) is 5.16 Å². The average Bonchev–Trinajstić information content (AvgIpc) is 3.33. The van der Waals surface area contributed by atoms with Gasteiger partial charge in [0.05, 0.1) is 24.5 Å². The van der Waals surface area contributed by atoms with Crippen LogP contribution in [0.3, 0.4) is 0 Å². The number of fused-ring (bicyclic) bond motifs is 1. The van der Waals surface area contributed by atoms with Crippen LogP contribution in [0.4, 0.5) is 10.9 Å². The first kappa shape index (κ1) is 23.1. The summed E-state index contributed by atoms with van der Waals surface area (Å²) in [6.45, 7) is 7.97. The first-order valence-corrected chi connectivity index (χ1v) is 12.9. The summed E-state index contributed by atoms with van der Waals surface area (Å²) in [5, 5.41) is 13.0. The second-order valence-corrected chi connectivity index (χ2v) is 10.6. The van der Waals surface area contributed by atoms with Crippen molar-refractivity contribution in [3.05, 3.63) is 16.0 Å². The molecule has 2 aliphatic rings. The van der Waals surface area contributed by atoms with Gasteiger partial charge in [0.25, 0.3) is 5.91 Å². The predicted octanol–water partition coefficient (Wildman–Crippen LogP) is 2.54. The van der Waals surface area contributed by atoms with Gasteiger partial charge in [-0.1, -0.05) is 25.6 Å².